The van der Waals surface area contributed by atoms with Gasteiger partial charge in [0.1, 0.15) is 0 Å². The summed E-state index contributed by atoms with van der Waals surface area (Å²) in [6, 6.07) is 9.46. The van der Waals surface area contributed by atoms with Gasteiger partial charge < -0.3 is 4.74 Å². The summed E-state index contributed by atoms with van der Waals surface area (Å²) in [5.74, 6) is -0.504. The first kappa shape index (κ1) is 17.4. The molecule has 23 heavy (non-hydrogen) atoms. The van der Waals surface area contributed by atoms with Crippen molar-refractivity contribution in [2.45, 2.75) is 11.4 Å². The SMILES string of the molecule is C=CCN(Cc1cccs1)S(=O)(=O)c1ccc(C(=O)OC)cc1. The first-order valence-corrected chi connectivity index (χ1v) is 9.13. The highest BCUT2D eigenvalue weighted by Crippen LogP contribution is 2.21. The third-order valence-corrected chi connectivity index (χ3v) is 5.85. The summed E-state index contributed by atoms with van der Waals surface area (Å²) in [5, 5.41) is 1.90. The Morgan fingerprint density at radius 1 is 1.30 bits per heavy atom. The Balaban J connectivity index is 2.29. The minimum atomic E-state index is -3.67. The molecule has 0 saturated carbocycles. The lowest BCUT2D eigenvalue weighted by molar-refractivity contribution is 0.0600. The quantitative estimate of drug-likeness (QED) is 0.568. The third kappa shape index (κ3) is 4.07. The number of methoxy groups -OCH3 is 1. The monoisotopic (exact) mass is 351 g/mol. The summed E-state index contributed by atoms with van der Waals surface area (Å²) < 4.78 is 31.5. The van der Waals surface area contributed by atoms with Crippen molar-refractivity contribution < 1.29 is 17.9 Å². The molecule has 1 aromatic carbocycles. The highest BCUT2D eigenvalue weighted by Gasteiger charge is 2.24. The van der Waals surface area contributed by atoms with Gasteiger partial charge in [-0.1, -0.05) is 12.1 Å². The van der Waals surface area contributed by atoms with E-state index >= 15 is 0 Å². The van der Waals surface area contributed by atoms with Crippen molar-refractivity contribution in [3.63, 3.8) is 0 Å². The molecule has 0 spiro atoms. The molecule has 0 aliphatic carbocycles. The van der Waals surface area contributed by atoms with Crippen molar-refractivity contribution in [1.29, 1.82) is 0 Å². The fourth-order valence-corrected chi connectivity index (χ4v) is 4.19. The molecule has 0 bridgehead atoms. The van der Waals surface area contributed by atoms with Crippen molar-refractivity contribution in [3.8, 4) is 0 Å². The smallest absolute Gasteiger partial charge is 0.337 e. The maximum Gasteiger partial charge on any atom is 0.337 e. The molecule has 0 radical (unpaired) electrons. The van der Waals surface area contributed by atoms with Crippen molar-refractivity contribution in [2.75, 3.05) is 13.7 Å². The van der Waals surface area contributed by atoms with Crippen molar-refractivity contribution in [1.82, 2.24) is 4.31 Å². The first-order valence-electron chi connectivity index (χ1n) is 6.81. The van der Waals surface area contributed by atoms with Gasteiger partial charge in [0.25, 0.3) is 0 Å². The van der Waals surface area contributed by atoms with Crippen LogP contribution in [0.4, 0.5) is 0 Å². The average molecular weight is 351 g/mol. The van der Waals surface area contributed by atoms with Crippen molar-refractivity contribution in [2.24, 2.45) is 0 Å². The second kappa shape index (κ2) is 7.54. The molecule has 0 aliphatic rings. The molecular formula is C16H17NO4S2. The maximum absolute atomic E-state index is 12.8. The number of carbonyl (C=O) groups excluding carboxylic acids is 1. The predicted molar refractivity (Wildman–Crippen MR) is 89.9 cm³/mol. The molecular weight excluding hydrogens is 334 g/mol. The van der Waals surface area contributed by atoms with E-state index in [-0.39, 0.29) is 18.0 Å². The van der Waals surface area contributed by atoms with Gasteiger partial charge in [0.15, 0.2) is 0 Å². The first-order chi connectivity index (χ1) is 11.0. The molecule has 0 saturated heterocycles. The van der Waals surface area contributed by atoms with Crippen LogP contribution >= 0.6 is 11.3 Å². The van der Waals surface area contributed by atoms with E-state index < -0.39 is 16.0 Å². The molecule has 0 unspecified atom stereocenters. The number of thiophene rings is 1. The summed E-state index contributed by atoms with van der Waals surface area (Å²) in [5.41, 5.74) is 0.306. The molecule has 2 rings (SSSR count). The zero-order valence-electron chi connectivity index (χ0n) is 12.6. The van der Waals surface area contributed by atoms with Crippen LogP contribution in [0.2, 0.25) is 0 Å². The molecule has 7 heteroatoms. The van der Waals surface area contributed by atoms with Crippen LogP contribution in [0.15, 0.2) is 59.3 Å². The van der Waals surface area contributed by atoms with Crippen LogP contribution in [0.5, 0.6) is 0 Å². The fourth-order valence-electron chi connectivity index (χ4n) is 2.00. The van der Waals surface area contributed by atoms with E-state index in [2.05, 4.69) is 11.3 Å². The highest BCUT2D eigenvalue weighted by molar-refractivity contribution is 7.89. The van der Waals surface area contributed by atoms with Crippen LogP contribution in [0.1, 0.15) is 15.2 Å². The van der Waals surface area contributed by atoms with E-state index in [9.17, 15) is 13.2 Å². The number of carbonyl (C=O) groups is 1. The third-order valence-electron chi connectivity index (χ3n) is 3.16. The van der Waals surface area contributed by atoms with Gasteiger partial charge in [0, 0.05) is 18.0 Å². The fraction of sp³-hybridized carbons (Fsp3) is 0.188. The topological polar surface area (TPSA) is 63.7 Å². The van der Waals surface area contributed by atoms with Gasteiger partial charge >= 0.3 is 5.97 Å². The van der Waals surface area contributed by atoms with Crippen LogP contribution in [-0.2, 0) is 21.3 Å². The van der Waals surface area contributed by atoms with Gasteiger partial charge in [-0.25, -0.2) is 13.2 Å². The Morgan fingerprint density at radius 2 is 2.00 bits per heavy atom. The second-order valence-electron chi connectivity index (χ2n) is 4.68. The van der Waals surface area contributed by atoms with Gasteiger partial charge in [-0.3, -0.25) is 0 Å². The Labute approximate surface area is 139 Å². The lowest BCUT2D eigenvalue weighted by Crippen LogP contribution is -2.30. The number of ether oxygens (including phenoxy) is 1. The van der Waals surface area contributed by atoms with E-state index in [0.717, 1.165) is 4.88 Å². The Morgan fingerprint density at radius 3 is 2.52 bits per heavy atom. The molecule has 0 aliphatic heterocycles. The zero-order valence-corrected chi connectivity index (χ0v) is 14.3. The molecule has 0 fully saturated rings. The number of hydrogen-bond acceptors (Lipinski definition) is 5. The van der Waals surface area contributed by atoms with Crippen LogP contribution in [0.3, 0.4) is 0 Å². The zero-order chi connectivity index (χ0) is 16.9. The van der Waals surface area contributed by atoms with E-state index in [4.69, 9.17) is 0 Å². The van der Waals surface area contributed by atoms with Gasteiger partial charge in [0.05, 0.1) is 17.6 Å². The van der Waals surface area contributed by atoms with Crippen molar-refractivity contribution >= 4 is 27.3 Å². The van der Waals surface area contributed by atoms with E-state index in [1.165, 1.54) is 47.0 Å². The number of benzene rings is 1. The molecule has 1 heterocycles. The Hall–Kier alpha value is -1.96. The normalized spacial score (nSPS) is 11.4. The average Bonchev–Trinajstić information content (AvgIpc) is 3.07. The highest BCUT2D eigenvalue weighted by atomic mass is 32.2. The lowest BCUT2D eigenvalue weighted by Gasteiger charge is -2.20. The van der Waals surface area contributed by atoms with Crippen LogP contribution in [0, 0.1) is 0 Å². The van der Waals surface area contributed by atoms with Gasteiger partial charge in [-0.2, -0.15) is 4.31 Å². The lowest BCUT2D eigenvalue weighted by atomic mass is 10.2. The Kier molecular flexibility index (Phi) is 5.70. The standard InChI is InChI=1S/C16H17NO4S2/c1-3-10-17(12-14-5-4-11-22-14)23(19,20)15-8-6-13(7-9-15)16(18)21-2/h3-9,11H,1,10,12H2,2H3. The number of esters is 1. The molecule has 122 valence electrons. The van der Waals surface area contributed by atoms with Crippen LogP contribution < -0.4 is 0 Å². The molecule has 1 aromatic heterocycles. The molecule has 2 aromatic rings. The summed E-state index contributed by atoms with van der Waals surface area (Å²) in [7, 11) is -2.39. The van der Waals surface area contributed by atoms with E-state index in [1.807, 2.05) is 17.5 Å². The van der Waals surface area contributed by atoms with Gasteiger partial charge in [-0.15, -0.1) is 17.9 Å². The summed E-state index contributed by atoms with van der Waals surface area (Å²) in [6.07, 6.45) is 1.55. The van der Waals surface area contributed by atoms with Crippen LogP contribution in [-0.4, -0.2) is 32.3 Å². The molecule has 0 N–H and O–H groups in total. The summed E-state index contributed by atoms with van der Waals surface area (Å²) in [4.78, 5) is 12.5. The number of sulfonamides is 1. The number of hydrogen-bond donors (Lipinski definition) is 0. The molecule has 5 nitrogen and oxygen atoms in total. The van der Waals surface area contributed by atoms with Crippen molar-refractivity contribution in [3.05, 3.63) is 64.9 Å². The maximum atomic E-state index is 12.8. The molecule has 0 amide bonds. The van der Waals surface area contributed by atoms with E-state index in [1.54, 1.807) is 6.08 Å². The number of rotatable bonds is 7. The van der Waals surface area contributed by atoms with Gasteiger partial charge in [-0.05, 0) is 35.7 Å². The minimum absolute atomic E-state index is 0.128. The van der Waals surface area contributed by atoms with Gasteiger partial charge in [0.2, 0.25) is 10.0 Å². The second-order valence-corrected chi connectivity index (χ2v) is 7.65. The molecule has 0 atom stereocenters. The minimum Gasteiger partial charge on any atom is -0.465 e. The summed E-state index contributed by atoms with van der Waals surface area (Å²) in [6.45, 7) is 4.11. The van der Waals surface area contributed by atoms with Crippen LogP contribution in [0.25, 0.3) is 0 Å². The van der Waals surface area contributed by atoms with E-state index in [0.29, 0.717) is 5.56 Å². The largest absolute Gasteiger partial charge is 0.465 e. The summed E-state index contributed by atoms with van der Waals surface area (Å²) >= 11 is 1.50. The number of nitrogens with zero attached hydrogens (tertiary/aromatic N) is 1. The predicted octanol–water partition coefficient (Wildman–Crippen LogP) is 2.91. The Bertz CT molecular complexity index is 765.